The van der Waals surface area contributed by atoms with Gasteiger partial charge in [0, 0.05) is 30.4 Å². The molecule has 0 aliphatic heterocycles. The van der Waals surface area contributed by atoms with Gasteiger partial charge in [0.1, 0.15) is 5.75 Å². The predicted octanol–water partition coefficient (Wildman–Crippen LogP) is 3.00. The quantitative estimate of drug-likeness (QED) is 0.593. The monoisotopic (exact) mass is 350 g/mol. The highest BCUT2D eigenvalue weighted by molar-refractivity contribution is 5.89. The first-order chi connectivity index (χ1) is 12.6. The zero-order chi connectivity index (χ0) is 18.9. The molecule has 1 amide bonds. The number of amides is 1. The summed E-state index contributed by atoms with van der Waals surface area (Å²) in [6.07, 6.45) is 1.36. The van der Waals surface area contributed by atoms with Crippen LogP contribution in [0.3, 0.4) is 0 Å². The van der Waals surface area contributed by atoms with E-state index >= 15 is 0 Å². The van der Waals surface area contributed by atoms with Crippen LogP contribution in [0.4, 0.5) is 5.69 Å². The van der Waals surface area contributed by atoms with Crippen molar-refractivity contribution < 1.29 is 9.90 Å². The number of phenolic OH excluding ortho intramolecular Hbond substituents is 1. The second-order valence-corrected chi connectivity index (χ2v) is 5.62. The third kappa shape index (κ3) is 4.61. The lowest BCUT2D eigenvalue weighted by atomic mass is 10.0. The molecule has 0 spiro atoms. The molecule has 1 atom stereocenters. The maximum atomic E-state index is 12.2. The Bertz CT molecular complexity index is 808. The molecule has 0 fully saturated rings. The number of nitriles is 1. The Labute approximate surface area is 153 Å². The fourth-order valence-corrected chi connectivity index (χ4v) is 2.59. The van der Waals surface area contributed by atoms with E-state index < -0.39 is 11.8 Å². The van der Waals surface area contributed by atoms with E-state index in [-0.39, 0.29) is 5.75 Å². The van der Waals surface area contributed by atoms with E-state index in [0.29, 0.717) is 11.1 Å². The Morgan fingerprint density at radius 3 is 2.54 bits per heavy atom. The number of anilines is 1. The largest absolute Gasteiger partial charge is 0.507 e. The number of hydrazone groups is 1. The third-order valence-electron chi connectivity index (χ3n) is 4.05. The highest BCUT2D eigenvalue weighted by Gasteiger charge is 2.19. The van der Waals surface area contributed by atoms with Crippen LogP contribution in [0.1, 0.15) is 30.9 Å². The van der Waals surface area contributed by atoms with Gasteiger partial charge < -0.3 is 10.0 Å². The summed E-state index contributed by atoms with van der Waals surface area (Å²) in [5, 5.41) is 23.2. The van der Waals surface area contributed by atoms with Gasteiger partial charge in [-0.15, -0.1) is 0 Å². The van der Waals surface area contributed by atoms with Crippen molar-refractivity contribution in [2.75, 3.05) is 18.0 Å². The third-order valence-corrected chi connectivity index (χ3v) is 4.05. The molecule has 0 aliphatic rings. The highest BCUT2D eigenvalue weighted by Crippen LogP contribution is 2.23. The SMILES string of the molecule is CCN(CC)c1ccc(/C=N\NC(=O)[C@H](C#N)c2ccccc2)c(O)c1. The molecule has 0 heterocycles. The average Bonchev–Trinajstić information content (AvgIpc) is 2.66. The Morgan fingerprint density at radius 1 is 1.27 bits per heavy atom. The van der Waals surface area contributed by atoms with Crippen molar-refractivity contribution in [3.8, 4) is 11.8 Å². The van der Waals surface area contributed by atoms with Crippen molar-refractivity contribution >= 4 is 17.8 Å². The smallest absolute Gasteiger partial charge is 0.261 e. The fourth-order valence-electron chi connectivity index (χ4n) is 2.59. The highest BCUT2D eigenvalue weighted by atomic mass is 16.3. The lowest BCUT2D eigenvalue weighted by Gasteiger charge is -2.21. The van der Waals surface area contributed by atoms with Crippen LogP contribution in [0.25, 0.3) is 0 Å². The van der Waals surface area contributed by atoms with Gasteiger partial charge in [-0.05, 0) is 31.5 Å². The molecule has 0 saturated carbocycles. The van der Waals surface area contributed by atoms with Crippen LogP contribution in [-0.2, 0) is 4.79 Å². The number of nitrogens with one attached hydrogen (secondary N) is 1. The van der Waals surface area contributed by atoms with Crippen molar-refractivity contribution in [1.82, 2.24) is 5.43 Å². The minimum absolute atomic E-state index is 0.0762. The van der Waals surface area contributed by atoms with Crippen LogP contribution < -0.4 is 10.3 Å². The van der Waals surface area contributed by atoms with Crippen LogP contribution in [0.15, 0.2) is 53.6 Å². The molecule has 6 heteroatoms. The van der Waals surface area contributed by atoms with Crippen molar-refractivity contribution in [3.05, 3.63) is 59.7 Å². The molecule has 26 heavy (non-hydrogen) atoms. The zero-order valence-corrected chi connectivity index (χ0v) is 14.9. The van der Waals surface area contributed by atoms with E-state index in [0.717, 1.165) is 18.8 Å². The molecule has 0 unspecified atom stereocenters. The molecule has 0 aromatic heterocycles. The first-order valence-corrected chi connectivity index (χ1v) is 8.46. The van der Waals surface area contributed by atoms with Gasteiger partial charge >= 0.3 is 0 Å². The van der Waals surface area contributed by atoms with Gasteiger partial charge in [0.05, 0.1) is 12.3 Å². The summed E-state index contributed by atoms with van der Waals surface area (Å²) < 4.78 is 0. The molecule has 2 aromatic rings. The molecule has 0 saturated heterocycles. The molecular formula is C20H22N4O2. The van der Waals surface area contributed by atoms with Crippen molar-refractivity contribution in [2.24, 2.45) is 5.10 Å². The molecule has 2 aromatic carbocycles. The molecular weight excluding hydrogens is 328 g/mol. The Balaban J connectivity index is 2.06. The Kier molecular flexibility index (Phi) is 6.75. The van der Waals surface area contributed by atoms with Crippen LogP contribution >= 0.6 is 0 Å². The predicted molar refractivity (Wildman–Crippen MR) is 102 cm³/mol. The number of carbonyl (C=O) groups excluding carboxylic acids is 1. The molecule has 2 N–H and O–H groups in total. The number of rotatable bonds is 7. The van der Waals surface area contributed by atoms with Gasteiger partial charge in [0.2, 0.25) is 0 Å². The van der Waals surface area contributed by atoms with E-state index in [2.05, 4.69) is 15.4 Å². The topological polar surface area (TPSA) is 88.7 Å². The van der Waals surface area contributed by atoms with Crippen molar-refractivity contribution in [2.45, 2.75) is 19.8 Å². The zero-order valence-electron chi connectivity index (χ0n) is 14.9. The van der Waals surface area contributed by atoms with Crippen molar-refractivity contribution in [1.29, 1.82) is 5.26 Å². The van der Waals surface area contributed by atoms with E-state index in [1.165, 1.54) is 6.21 Å². The number of hydrogen-bond donors (Lipinski definition) is 2. The molecule has 6 nitrogen and oxygen atoms in total. The normalized spacial score (nSPS) is 11.7. The van der Waals surface area contributed by atoms with E-state index in [1.807, 2.05) is 32.0 Å². The summed E-state index contributed by atoms with van der Waals surface area (Å²) >= 11 is 0. The molecule has 134 valence electrons. The van der Waals surface area contributed by atoms with Gasteiger partial charge in [-0.3, -0.25) is 4.79 Å². The van der Waals surface area contributed by atoms with E-state index in [1.54, 1.807) is 36.4 Å². The summed E-state index contributed by atoms with van der Waals surface area (Å²) in [6, 6.07) is 16.0. The lowest BCUT2D eigenvalue weighted by Crippen LogP contribution is -2.24. The molecule has 0 radical (unpaired) electrons. The van der Waals surface area contributed by atoms with Gasteiger partial charge in [0.15, 0.2) is 5.92 Å². The maximum absolute atomic E-state index is 12.2. The summed E-state index contributed by atoms with van der Waals surface area (Å²) in [6.45, 7) is 5.77. The minimum atomic E-state index is -0.938. The van der Waals surface area contributed by atoms with Crippen LogP contribution in [-0.4, -0.2) is 30.3 Å². The lowest BCUT2D eigenvalue weighted by molar-refractivity contribution is -0.121. The van der Waals surface area contributed by atoms with Crippen molar-refractivity contribution in [3.63, 3.8) is 0 Å². The number of aromatic hydroxyl groups is 1. The Hall–Kier alpha value is -3.33. The van der Waals surface area contributed by atoms with Crippen LogP contribution in [0, 0.1) is 11.3 Å². The van der Waals surface area contributed by atoms with Gasteiger partial charge in [-0.1, -0.05) is 30.3 Å². The number of benzene rings is 2. The van der Waals surface area contributed by atoms with Gasteiger partial charge in [-0.25, -0.2) is 5.43 Å². The maximum Gasteiger partial charge on any atom is 0.261 e. The standard InChI is InChI=1S/C20H22N4O2/c1-3-24(4-2)17-11-10-16(19(25)12-17)14-22-23-20(26)18(13-21)15-8-6-5-7-9-15/h5-12,14,18,25H,3-4H2,1-2H3,(H,23,26)/b22-14-/t18-/m1/s1. The summed E-state index contributed by atoms with van der Waals surface area (Å²) in [5.74, 6) is -1.38. The number of hydrogen-bond acceptors (Lipinski definition) is 5. The molecule has 0 aliphatic carbocycles. The second-order valence-electron chi connectivity index (χ2n) is 5.62. The van der Waals surface area contributed by atoms with Gasteiger partial charge in [0.25, 0.3) is 5.91 Å². The van der Waals surface area contributed by atoms with Gasteiger partial charge in [-0.2, -0.15) is 10.4 Å². The Morgan fingerprint density at radius 2 is 1.96 bits per heavy atom. The fraction of sp³-hybridized carbons (Fsp3) is 0.250. The van der Waals surface area contributed by atoms with E-state index in [9.17, 15) is 15.2 Å². The minimum Gasteiger partial charge on any atom is -0.507 e. The summed E-state index contributed by atoms with van der Waals surface area (Å²) in [5.41, 5.74) is 4.36. The summed E-state index contributed by atoms with van der Waals surface area (Å²) in [7, 11) is 0. The molecule has 0 bridgehead atoms. The molecule has 2 rings (SSSR count). The second kappa shape index (κ2) is 9.23. The average molecular weight is 350 g/mol. The number of phenols is 1. The number of nitrogens with zero attached hydrogens (tertiary/aromatic N) is 3. The van der Waals surface area contributed by atoms with Crippen LogP contribution in [0.2, 0.25) is 0 Å². The first-order valence-electron chi connectivity index (χ1n) is 8.46. The van der Waals surface area contributed by atoms with E-state index in [4.69, 9.17) is 0 Å². The van der Waals surface area contributed by atoms with Crippen LogP contribution in [0.5, 0.6) is 5.75 Å². The first kappa shape index (κ1) is 19.0. The number of carbonyl (C=O) groups is 1. The summed E-state index contributed by atoms with van der Waals surface area (Å²) in [4.78, 5) is 14.3.